The fourth-order valence-corrected chi connectivity index (χ4v) is 13.5. The average molecular weight is 1640 g/mol. The molecule has 4 unspecified atom stereocenters. The number of rotatable bonds is 76. The number of phosphoric acid groups is 2. The van der Waals surface area contributed by atoms with Gasteiger partial charge >= 0.3 is 86.7 Å². The molecule has 4 amide bonds. The number of phosphoric ester groups is 2. The molecule has 0 saturated carbocycles. The number of amides is 4. The van der Waals surface area contributed by atoms with E-state index < -0.39 is 120 Å². The Morgan fingerprint density at radius 1 is 0.405 bits per heavy atom. The van der Waals surface area contributed by atoms with Gasteiger partial charge < -0.3 is 68.2 Å². The Hall–Kier alpha value is -2.62. The number of nitrogens with one attached hydrogen (secondary N) is 4. The molecule has 25 nitrogen and oxygen atoms in total. The minimum atomic E-state index is -4.85. The van der Waals surface area contributed by atoms with Gasteiger partial charge in [0.1, 0.15) is 18.0 Å². The Balaban J connectivity index is -0.0000149. The maximum absolute atomic E-state index is 13.7. The summed E-state index contributed by atoms with van der Waals surface area (Å²) in [6.07, 6.45) is 43.0. The molecule has 1 rings (SSSR count). The van der Waals surface area contributed by atoms with Gasteiger partial charge in [0.05, 0.1) is 76.8 Å². The number of esters is 2. The summed E-state index contributed by atoms with van der Waals surface area (Å²) < 4.78 is 71.0. The molecule has 0 saturated heterocycles. The molecule has 111 heavy (non-hydrogen) atoms. The molecule has 0 radical (unpaired) electrons. The second-order valence-electron chi connectivity index (χ2n) is 28.9. The Morgan fingerprint density at radius 3 is 1.06 bits per heavy atom. The van der Waals surface area contributed by atoms with E-state index in [2.05, 4.69) is 87.1 Å². The summed E-state index contributed by atoms with van der Waals surface area (Å²) in [7, 11) is -9.70. The van der Waals surface area contributed by atoms with Gasteiger partial charge in [0.2, 0.25) is 11.8 Å². The van der Waals surface area contributed by atoms with Crippen molar-refractivity contribution in [2.45, 2.75) is 361 Å². The number of unbranched alkanes of at least 4 members (excludes halogenated alkanes) is 26. The minimum absolute atomic E-state index is 0. The van der Waals surface area contributed by atoms with Crippen LogP contribution in [0, 0.1) is 0 Å². The van der Waals surface area contributed by atoms with Crippen LogP contribution in [0.1, 0.15) is 348 Å². The Labute approximate surface area is 715 Å². The third-order valence-electron chi connectivity index (χ3n) is 18.4. The van der Waals surface area contributed by atoms with Crippen LogP contribution in [0.3, 0.4) is 0 Å². The smallest absolute Gasteiger partial charge is 1.00 e. The van der Waals surface area contributed by atoms with Crippen LogP contribution in [-0.2, 0) is 65.4 Å². The summed E-state index contributed by atoms with van der Waals surface area (Å²) in [4.78, 5) is 102. The van der Waals surface area contributed by atoms with E-state index in [1.807, 2.05) is 0 Å². The van der Waals surface area contributed by atoms with Crippen molar-refractivity contribution in [2.75, 3.05) is 65.9 Å². The summed E-state index contributed by atoms with van der Waals surface area (Å²) >= 11 is 0. The van der Waals surface area contributed by atoms with E-state index in [-0.39, 0.29) is 138 Å². The van der Waals surface area contributed by atoms with Crippen LogP contribution >= 0.6 is 15.6 Å². The fourth-order valence-electron chi connectivity index (χ4n) is 12.0. The van der Waals surface area contributed by atoms with E-state index in [0.29, 0.717) is 51.4 Å². The van der Waals surface area contributed by atoms with Gasteiger partial charge in [-0.25, -0.2) is 9.13 Å². The molecule has 29 heteroatoms. The molecule has 8 atom stereocenters. The van der Waals surface area contributed by atoms with Gasteiger partial charge in [-0.15, -0.1) is 0 Å². The van der Waals surface area contributed by atoms with Gasteiger partial charge in [0.25, 0.3) is 11.8 Å². The summed E-state index contributed by atoms with van der Waals surface area (Å²) in [5.74, 6) is -3.85. The molecule has 0 aliphatic heterocycles. The first kappa shape index (κ1) is 110. The monoisotopic (exact) mass is 1640 g/mol. The maximum atomic E-state index is 13.7. The standard InChI is InChI=1S/C82H148N4O21P2.2Na.2H/c1-7-13-19-25-27-29-31-37-43-49-79(92)106-75(47-41-35-23-17-11-5)62-77(90)85-70(64-100-55-51-72(87)45-39-33-21-15-9-3)66-104-108(96,97)102-57-53-83-81(94)68-59-69(61-74(89)60-68)82(95)84-54-58-103-109(98,99)105-67-71(65-101-56-52-73(88)46-40-34-22-16-10-4)86-78(91)63-76(48-42-36-24-18-12-6)107-80(93)50-44-38-32-30-28-26-20-14-8-2;;;;/h29-32,59-61,70-73,75-76,87-89H,7-28,33-58,62-67H2,1-6H3,(H,83,94)(H,84,95)(H,85,90)(H,86,91)(H,96,97)(H,98,99);;;;/q;2*+1;2*-1/b31-29+,32-30+;;;;/t70?,71?,72-,73-,75-,76-;;;;/m1..../s1. The van der Waals surface area contributed by atoms with Gasteiger partial charge in [-0.3, -0.25) is 46.9 Å². The van der Waals surface area contributed by atoms with E-state index in [1.165, 1.54) is 38.5 Å². The normalized spacial score (nSPS) is 14.3. The maximum Gasteiger partial charge on any atom is 1.00 e. The molecule has 0 aliphatic carbocycles. The first-order chi connectivity index (χ1) is 52.6. The Bertz CT molecular complexity index is 2510. The van der Waals surface area contributed by atoms with Crippen LogP contribution in [0.5, 0.6) is 5.75 Å². The molecule has 0 aromatic heterocycles. The quantitative estimate of drug-likeness (QED) is 0.00961. The number of allylic oxidation sites excluding steroid dienone is 4. The first-order valence-corrected chi connectivity index (χ1v) is 45.0. The summed E-state index contributed by atoms with van der Waals surface area (Å²) in [6.45, 7) is 9.95. The molecule has 0 heterocycles. The van der Waals surface area contributed by atoms with Crippen molar-refractivity contribution in [3.63, 3.8) is 0 Å². The largest absolute Gasteiger partial charge is 1.00 e. The minimum Gasteiger partial charge on any atom is -1.00 e. The number of aromatic hydroxyl groups is 1. The summed E-state index contributed by atoms with van der Waals surface area (Å²) in [5.41, 5.74) is -0.358. The number of aliphatic hydroxyl groups excluding tert-OH is 2. The predicted octanol–water partition coefficient (Wildman–Crippen LogP) is 11.3. The zero-order valence-corrected chi connectivity index (χ0v) is 75.6. The number of phenols is 1. The second-order valence-corrected chi connectivity index (χ2v) is 31.8. The van der Waals surface area contributed by atoms with Crippen LogP contribution in [-0.4, -0.2) is 163 Å². The average Bonchev–Trinajstić information content (AvgIpc) is 0.849. The number of hydrogen-bond donors (Lipinski definition) is 9. The third kappa shape index (κ3) is 67.0. The van der Waals surface area contributed by atoms with E-state index in [4.69, 9.17) is 37.0 Å². The summed E-state index contributed by atoms with van der Waals surface area (Å²) in [6, 6.07) is 1.37. The third-order valence-corrected chi connectivity index (χ3v) is 20.4. The molecule has 1 aromatic carbocycles. The molecule has 0 bridgehead atoms. The van der Waals surface area contributed by atoms with Crippen molar-refractivity contribution < 1.29 is 162 Å². The predicted molar refractivity (Wildman–Crippen MR) is 431 cm³/mol. The van der Waals surface area contributed by atoms with Gasteiger partial charge in [0.15, 0.2) is 0 Å². The Kier molecular flexibility index (Phi) is 74.5. The first-order valence-electron chi connectivity index (χ1n) is 42.0. The van der Waals surface area contributed by atoms with Gasteiger partial charge in [-0.2, -0.15) is 0 Å². The topological polar surface area (TPSA) is 360 Å². The van der Waals surface area contributed by atoms with Gasteiger partial charge in [-0.05, 0) is 121 Å². The zero-order chi connectivity index (χ0) is 80.3. The number of phenolic OH excluding ortho intramolecular Hbond substituents is 1. The van der Waals surface area contributed by atoms with Crippen molar-refractivity contribution in [3.8, 4) is 5.75 Å². The van der Waals surface area contributed by atoms with Crippen molar-refractivity contribution in [2.24, 2.45) is 0 Å². The van der Waals surface area contributed by atoms with Crippen LogP contribution < -0.4 is 80.4 Å². The number of aliphatic hydroxyl groups is 2. The molecule has 0 fully saturated rings. The van der Waals surface area contributed by atoms with E-state index in [1.54, 1.807) is 0 Å². The molecule has 0 spiro atoms. The van der Waals surface area contributed by atoms with E-state index >= 15 is 0 Å². The SMILES string of the molecule is CCCCCC/C=C/CCCC(=O)O[C@H](CCCCCCC)CC(=O)NC(COCC[C@H](O)CCCCCCC)COP(=O)(O)OCCNC(=O)c1cc(O)cc(C(=O)NCCOP(=O)(O)OCC(COCC[C@H](O)CCCCCCC)NC(=O)C[C@@H](CCCCCCC)OC(=O)CCC/C=C/CCCCCC)c1.[H-].[H-].[Na+].[Na+]. The van der Waals surface area contributed by atoms with Gasteiger partial charge in [-0.1, -0.05) is 220 Å². The molecule has 9 N–H and O–H groups in total. The molecule has 1 aromatic rings. The molecule has 0 aliphatic rings. The van der Waals surface area contributed by atoms with Crippen molar-refractivity contribution in [3.05, 3.63) is 53.6 Å². The fraction of sp³-hybridized carbons (Fsp3) is 0.805. The zero-order valence-electron chi connectivity index (χ0n) is 71.9. The molecular weight excluding hydrogens is 1480 g/mol. The van der Waals surface area contributed by atoms with E-state index in [0.717, 1.165) is 185 Å². The number of hydrogen-bond acceptors (Lipinski definition) is 19. The Morgan fingerprint density at radius 2 is 0.721 bits per heavy atom. The van der Waals surface area contributed by atoms with Crippen LogP contribution in [0.15, 0.2) is 42.5 Å². The van der Waals surface area contributed by atoms with Crippen molar-refractivity contribution in [1.29, 1.82) is 0 Å². The van der Waals surface area contributed by atoms with Crippen LogP contribution in [0.25, 0.3) is 0 Å². The van der Waals surface area contributed by atoms with E-state index in [9.17, 15) is 63.0 Å². The second kappa shape index (κ2) is 74.9. The number of carbonyl (C=O) groups excluding carboxylic acids is 6. The van der Waals surface area contributed by atoms with Crippen LogP contribution in [0.4, 0.5) is 0 Å². The summed E-state index contributed by atoms with van der Waals surface area (Å²) in [5, 5.41) is 42.4. The number of carbonyl (C=O) groups is 6. The van der Waals surface area contributed by atoms with Gasteiger partial charge in [0, 0.05) is 50.3 Å². The van der Waals surface area contributed by atoms with Crippen molar-refractivity contribution >= 4 is 51.2 Å². The number of ether oxygens (including phenoxy) is 4. The number of benzene rings is 1. The van der Waals surface area contributed by atoms with Crippen molar-refractivity contribution in [1.82, 2.24) is 21.3 Å². The van der Waals surface area contributed by atoms with Crippen LogP contribution in [0.2, 0.25) is 0 Å². The molecular formula is C82H150N4Na2O21P2. The molecule has 636 valence electrons.